The first kappa shape index (κ1) is 17.8. The van der Waals surface area contributed by atoms with Gasteiger partial charge in [0.1, 0.15) is 0 Å². The van der Waals surface area contributed by atoms with Crippen molar-refractivity contribution in [2.45, 2.75) is 46.6 Å². The topological polar surface area (TPSA) is 63.6 Å². The molecule has 0 saturated carbocycles. The van der Waals surface area contributed by atoms with Gasteiger partial charge in [-0.3, -0.25) is 4.79 Å². The highest BCUT2D eigenvalue weighted by molar-refractivity contribution is 5.84. The molecule has 0 aliphatic heterocycles. The number of hydrogen-bond acceptors (Lipinski definition) is 3. The Hall–Kier alpha value is -1.58. The Morgan fingerprint density at radius 3 is 2.12 bits per heavy atom. The maximum atomic E-state index is 10.9. The number of hydrogen-bond donors (Lipinski definition) is 1. The molecule has 0 spiro atoms. The minimum Gasteiger partial charge on any atom is -0.478 e. The first-order valence-corrected chi connectivity index (χ1v) is 5.54. The molecule has 0 atom stereocenters. The normalized spacial score (nSPS) is 9.71. The van der Waals surface area contributed by atoms with E-state index in [0.717, 1.165) is 6.42 Å². The fourth-order valence-corrected chi connectivity index (χ4v) is 0.657. The van der Waals surface area contributed by atoms with E-state index in [1.54, 1.807) is 0 Å². The number of allylic oxidation sites excluding steroid dienone is 1. The SMILES string of the molecule is C=C(C)C(=O)O.CCC=CCC(=O)OC(C)C. The van der Waals surface area contributed by atoms with Gasteiger partial charge in [-0.05, 0) is 27.2 Å². The van der Waals surface area contributed by atoms with Crippen molar-refractivity contribution in [1.82, 2.24) is 0 Å². The first-order valence-electron chi connectivity index (χ1n) is 5.54. The summed E-state index contributed by atoms with van der Waals surface area (Å²) in [5.41, 5.74) is 0.176. The van der Waals surface area contributed by atoms with Gasteiger partial charge in [-0.25, -0.2) is 4.79 Å². The number of carboxylic acids is 1. The van der Waals surface area contributed by atoms with Crippen LogP contribution in [-0.4, -0.2) is 23.1 Å². The lowest BCUT2D eigenvalue weighted by molar-refractivity contribution is -0.146. The average Bonchev–Trinajstić information content (AvgIpc) is 2.17. The van der Waals surface area contributed by atoms with Crippen LogP contribution in [0.15, 0.2) is 24.3 Å². The molecule has 4 heteroatoms. The van der Waals surface area contributed by atoms with Crippen molar-refractivity contribution in [3.05, 3.63) is 24.3 Å². The maximum absolute atomic E-state index is 10.9. The standard InChI is InChI=1S/C9H16O2.C4H6O2/c1-4-5-6-7-9(10)11-8(2)3;1-3(2)4(5)6/h5-6,8H,4,7H2,1-3H3;1H2,2H3,(H,5,6). The van der Waals surface area contributed by atoms with Crippen LogP contribution in [0.1, 0.15) is 40.5 Å². The maximum Gasteiger partial charge on any atom is 0.330 e. The summed E-state index contributed by atoms with van der Waals surface area (Å²) in [7, 11) is 0. The highest BCUT2D eigenvalue weighted by Gasteiger charge is 2.00. The first-order chi connectivity index (χ1) is 7.81. The molecule has 0 amide bonds. The third kappa shape index (κ3) is 17.1. The molecule has 0 aromatic heterocycles. The van der Waals surface area contributed by atoms with Crippen LogP contribution in [0.3, 0.4) is 0 Å². The molecule has 0 fully saturated rings. The molecule has 0 saturated heterocycles. The van der Waals surface area contributed by atoms with Crippen LogP contribution < -0.4 is 0 Å². The van der Waals surface area contributed by atoms with E-state index in [4.69, 9.17) is 9.84 Å². The number of carboxylic acid groups (broad SMARTS) is 1. The van der Waals surface area contributed by atoms with Gasteiger partial charge in [0.15, 0.2) is 0 Å². The van der Waals surface area contributed by atoms with Gasteiger partial charge in [0, 0.05) is 5.57 Å². The zero-order chi connectivity index (χ0) is 13.8. The second-order valence-electron chi connectivity index (χ2n) is 3.71. The third-order valence-electron chi connectivity index (χ3n) is 1.42. The summed E-state index contributed by atoms with van der Waals surface area (Å²) in [5, 5.41) is 7.89. The second-order valence-corrected chi connectivity index (χ2v) is 3.71. The van der Waals surface area contributed by atoms with Crippen molar-refractivity contribution in [2.24, 2.45) is 0 Å². The molecule has 0 unspecified atom stereocenters. The number of carbonyl (C=O) groups excluding carboxylic acids is 1. The summed E-state index contributed by atoms with van der Waals surface area (Å²) in [5.74, 6) is -1.08. The van der Waals surface area contributed by atoms with Gasteiger partial charge in [-0.15, -0.1) is 0 Å². The Kier molecular flexibility index (Phi) is 11.4. The number of carbonyl (C=O) groups is 2. The predicted molar refractivity (Wildman–Crippen MR) is 67.7 cm³/mol. The number of aliphatic carboxylic acids is 1. The van der Waals surface area contributed by atoms with Gasteiger partial charge in [-0.2, -0.15) is 0 Å². The van der Waals surface area contributed by atoms with E-state index in [1.165, 1.54) is 6.92 Å². The predicted octanol–water partition coefficient (Wildman–Crippen LogP) is 2.94. The van der Waals surface area contributed by atoms with E-state index in [-0.39, 0.29) is 17.6 Å². The summed E-state index contributed by atoms with van der Waals surface area (Å²) in [6, 6.07) is 0. The number of ether oxygens (including phenoxy) is 1. The van der Waals surface area contributed by atoms with Gasteiger partial charge < -0.3 is 9.84 Å². The lowest BCUT2D eigenvalue weighted by Gasteiger charge is -2.04. The summed E-state index contributed by atoms with van der Waals surface area (Å²) in [6.45, 7) is 10.3. The van der Waals surface area contributed by atoms with Gasteiger partial charge in [0.05, 0.1) is 12.5 Å². The van der Waals surface area contributed by atoms with Crippen LogP contribution in [0.5, 0.6) is 0 Å². The highest BCUT2D eigenvalue weighted by Crippen LogP contribution is 1.94. The molecule has 0 aliphatic carbocycles. The molecular weight excluding hydrogens is 220 g/mol. The molecule has 0 aromatic carbocycles. The van der Waals surface area contributed by atoms with Crippen molar-refractivity contribution in [3.63, 3.8) is 0 Å². The van der Waals surface area contributed by atoms with E-state index in [2.05, 4.69) is 6.58 Å². The monoisotopic (exact) mass is 242 g/mol. The van der Waals surface area contributed by atoms with E-state index >= 15 is 0 Å². The molecule has 0 aliphatic rings. The molecule has 17 heavy (non-hydrogen) atoms. The van der Waals surface area contributed by atoms with Crippen LogP contribution in [0.25, 0.3) is 0 Å². The van der Waals surface area contributed by atoms with Crippen LogP contribution in [0.2, 0.25) is 0 Å². The second kappa shape index (κ2) is 10.9. The van der Waals surface area contributed by atoms with Gasteiger partial charge in [0.2, 0.25) is 0 Å². The zero-order valence-corrected chi connectivity index (χ0v) is 11.0. The molecule has 0 rings (SSSR count). The molecule has 98 valence electrons. The van der Waals surface area contributed by atoms with Crippen LogP contribution in [-0.2, 0) is 14.3 Å². The summed E-state index contributed by atoms with van der Waals surface area (Å²) >= 11 is 0. The van der Waals surface area contributed by atoms with Gasteiger partial charge in [0.25, 0.3) is 0 Å². The van der Waals surface area contributed by atoms with Crippen LogP contribution >= 0.6 is 0 Å². The van der Waals surface area contributed by atoms with E-state index in [9.17, 15) is 9.59 Å². The molecule has 4 nitrogen and oxygen atoms in total. The van der Waals surface area contributed by atoms with Crippen LogP contribution in [0.4, 0.5) is 0 Å². The number of rotatable bonds is 5. The summed E-state index contributed by atoms with van der Waals surface area (Å²) in [6.07, 6.45) is 5.16. The fourth-order valence-electron chi connectivity index (χ4n) is 0.657. The minimum absolute atomic E-state index is 0.00229. The Bertz CT molecular complexity index is 265. The smallest absolute Gasteiger partial charge is 0.330 e. The van der Waals surface area contributed by atoms with E-state index in [1.807, 2.05) is 32.9 Å². The highest BCUT2D eigenvalue weighted by atomic mass is 16.5. The summed E-state index contributed by atoms with van der Waals surface area (Å²) in [4.78, 5) is 20.5. The fraction of sp³-hybridized carbons (Fsp3) is 0.538. The molecular formula is C13H22O4. The van der Waals surface area contributed by atoms with Gasteiger partial charge in [-0.1, -0.05) is 25.7 Å². The van der Waals surface area contributed by atoms with Gasteiger partial charge >= 0.3 is 11.9 Å². The molecule has 0 bridgehead atoms. The quantitative estimate of drug-likeness (QED) is 0.457. The van der Waals surface area contributed by atoms with Crippen LogP contribution in [0, 0.1) is 0 Å². The molecule has 0 heterocycles. The minimum atomic E-state index is -0.935. The third-order valence-corrected chi connectivity index (χ3v) is 1.42. The Morgan fingerprint density at radius 1 is 1.35 bits per heavy atom. The zero-order valence-electron chi connectivity index (χ0n) is 11.0. The Morgan fingerprint density at radius 2 is 1.82 bits per heavy atom. The van der Waals surface area contributed by atoms with Crippen molar-refractivity contribution in [1.29, 1.82) is 0 Å². The lowest BCUT2D eigenvalue weighted by atomic mass is 10.3. The molecule has 0 aromatic rings. The average molecular weight is 242 g/mol. The van der Waals surface area contributed by atoms with Crippen molar-refractivity contribution < 1.29 is 19.4 Å². The Balaban J connectivity index is 0. The number of esters is 1. The van der Waals surface area contributed by atoms with Crippen molar-refractivity contribution in [2.75, 3.05) is 0 Å². The van der Waals surface area contributed by atoms with E-state index in [0.29, 0.717) is 6.42 Å². The molecule has 1 N–H and O–H groups in total. The van der Waals surface area contributed by atoms with Crippen molar-refractivity contribution >= 4 is 11.9 Å². The lowest BCUT2D eigenvalue weighted by Crippen LogP contribution is -2.09. The largest absolute Gasteiger partial charge is 0.478 e. The molecule has 0 radical (unpaired) electrons. The van der Waals surface area contributed by atoms with Crippen molar-refractivity contribution in [3.8, 4) is 0 Å². The summed E-state index contributed by atoms with van der Waals surface area (Å²) < 4.78 is 4.91. The Labute approximate surface area is 103 Å². The van der Waals surface area contributed by atoms with E-state index < -0.39 is 5.97 Å².